The number of rotatable bonds is 8. The van der Waals surface area contributed by atoms with Gasteiger partial charge in [-0.15, -0.1) is 0 Å². The van der Waals surface area contributed by atoms with Crippen molar-refractivity contribution < 1.29 is 39.9 Å². The van der Waals surface area contributed by atoms with Crippen molar-refractivity contribution in [1.29, 1.82) is 0 Å². The van der Waals surface area contributed by atoms with E-state index in [0.717, 1.165) is 0 Å². The molecule has 0 atom stereocenters. The fraction of sp³-hybridized carbons (Fsp3) is 1.00. The molecule has 0 aromatic heterocycles. The van der Waals surface area contributed by atoms with Crippen LogP contribution in [-0.4, -0.2) is 37.9 Å². The highest BCUT2D eigenvalue weighted by Crippen LogP contribution is 2.28. The van der Waals surface area contributed by atoms with Crippen molar-refractivity contribution in [3.8, 4) is 0 Å². The van der Waals surface area contributed by atoms with Gasteiger partial charge in [-0.2, -0.15) is 0 Å². The van der Waals surface area contributed by atoms with Crippen molar-refractivity contribution in [3.05, 3.63) is 0 Å². The van der Waals surface area contributed by atoms with Crippen molar-refractivity contribution in [2.75, 3.05) is 13.2 Å². The molecule has 0 bridgehead atoms. The van der Waals surface area contributed by atoms with E-state index in [0.29, 0.717) is 0 Å². The van der Waals surface area contributed by atoms with Gasteiger partial charge in [-0.25, -0.2) is 35.1 Å². The molecule has 0 radical (unpaired) electrons. The van der Waals surface area contributed by atoms with E-state index in [-0.39, 0.29) is 0 Å². The van der Waals surface area contributed by atoms with Crippen LogP contribution in [-0.2, 0) is 4.74 Å². The maximum Gasteiger partial charge on any atom is 0.309 e. The van der Waals surface area contributed by atoms with Gasteiger partial charge in [0.15, 0.2) is 0 Å². The van der Waals surface area contributed by atoms with Crippen molar-refractivity contribution in [1.82, 2.24) is 0 Å². The zero-order valence-corrected chi connectivity index (χ0v) is 8.42. The molecule has 0 unspecified atom stereocenters. The predicted octanol–water partition coefficient (Wildman–Crippen LogP) is 3.58. The number of hydrogen-bond donors (Lipinski definition) is 0. The molecule has 0 aliphatic carbocycles. The van der Waals surface area contributed by atoms with Crippen LogP contribution >= 0.6 is 0 Å². The van der Waals surface area contributed by atoms with Crippen LogP contribution in [0.15, 0.2) is 0 Å². The normalized spacial score (nSPS) is 13.8. The Morgan fingerprint density at radius 3 is 1.24 bits per heavy atom. The minimum atomic E-state index is -4.27. The van der Waals surface area contributed by atoms with Crippen molar-refractivity contribution in [2.24, 2.45) is 0 Å². The number of hydrogen-bond acceptors (Lipinski definition) is 1. The molecular formula is C8H10F8O. The number of alkyl halides is 8. The van der Waals surface area contributed by atoms with Crippen molar-refractivity contribution >= 4 is 0 Å². The largest absolute Gasteiger partial charge is 0.381 e. The van der Waals surface area contributed by atoms with Gasteiger partial charge in [0, 0.05) is 12.8 Å². The van der Waals surface area contributed by atoms with Crippen LogP contribution in [0, 0.1) is 0 Å². The Bertz CT molecular complexity index is 196. The Morgan fingerprint density at radius 1 is 0.706 bits per heavy atom. The van der Waals surface area contributed by atoms with Crippen LogP contribution in [0.25, 0.3) is 0 Å². The summed E-state index contributed by atoms with van der Waals surface area (Å²) in [5, 5.41) is 0. The summed E-state index contributed by atoms with van der Waals surface area (Å²) in [7, 11) is 0. The van der Waals surface area contributed by atoms with Crippen LogP contribution in [0.5, 0.6) is 0 Å². The van der Waals surface area contributed by atoms with E-state index in [1.54, 1.807) is 0 Å². The van der Waals surface area contributed by atoms with Gasteiger partial charge in [0.1, 0.15) is 0 Å². The first-order valence-corrected chi connectivity index (χ1v) is 4.49. The van der Waals surface area contributed by atoms with Gasteiger partial charge >= 0.3 is 24.7 Å². The molecule has 0 saturated heterocycles. The first-order valence-electron chi connectivity index (χ1n) is 4.49. The fourth-order valence-electron chi connectivity index (χ4n) is 0.737. The molecule has 9 heteroatoms. The van der Waals surface area contributed by atoms with E-state index in [2.05, 4.69) is 4.74 Å². The highest BCUT2D eigenvalue weighted by molar-refractivity contribution is 4.70. The molecule has 0 aromatic rings. The molecule has 0 aromatic carbocycles. The van der Waals surface area contributed by atoms with E-state index in [9.17, 15) is 35.1 Å². The number of ether oxygens (including phenoxy) is 1. The topological polar surface area (TPSA) is 9.23 Å². The molecule has 0 fully saturated rings. The summed E-state index contributed by atoms with van der Waals surface area (Å²) in [6, 6.07) is 0. The molecule has 0 heterocycles. The summed E-state index contributed by atoms with van der Waals surface area (Å²) in [5.41, 5.74) is 0. The average molecular weight is 274 g/mol. The Labute approximate surface area is 91.7 Å². The third-order valence-electron chi connectivity index (χ3n) is 1.80. The van der Waals surface area contributed by atoms with Gasteiger partial charge in [-0.3, -0.25) is 0 Å². The summed E-state index contributed by atoms with van der Waals surface area (Å²) >= 11 is 0. The molecule has 0 spiro atoms. The second-order valence-electron chi connectivity index (χ2n) is 3.24. The Kier molecular flexibility index (Phi) is 6.14. The fourth-order valence-corrected chi connectivity index (χ4v) is 0.737. The van der Waals surface area contributed by atoms with E-state index in [4.69, 9.17) is 0 Å². The quantitative estimate of drug-likeness (QED) is 0.485. The molecule has 1 nitrogen and oxygen atoms in total. The lowest BCUT2D eigenvalue weighted by Crippen LogP contribution is -2.30. The predicted molar refractivity (Wildman–Crippen MR) is 42.0 cm³/mol. The first kappa shape index (κ1) is 16.4. The summed E-state index contributed by atoms with van der Waals surface area (Å²) in [4.78, 5) is 0. The summed E-state index contributed by atoms with van der Waals surface area (Å²) in [6.45, 7) is -1.81. The SMILES string of the molecule is FC(F)C(F)(F)CCOCCC(F)(F)C(F)F. The van der Waals surface area contributed by atoms with Gasteiger partial charge in [0.05, 0.1) is 13.2 Å². The van der Waals surface area contributed by atoms with Gasteiger partial charge in [0.25, 0.3) is 0 Å². The van der Waals surface area contributed by atoms with E-state index in [1.165, 1.54) is 0 Å². The van der Waals surface area contributed by atoms with E-state index in [1.807, 2.05) is 0 Å². The molecule has 0 amide bonds. The minimum Gasteiger partial charge on any atom is -0.381 e. The van der Waals surface area contributed by atoms with Crippen LogP contribution < -0.4 is 0 Å². The van der Waals surface area contributed by atoms with Gasteiger partial charge < -0.3 is 4.74 Å². The van der Waals surface area contributed by atoms with Crippen molar-refractivity contribution in [3.63, 3.8) is 0 Å². The van der Waals surface area contributed by atoms with Crippen LogP contribution in [0.4, 0.5) is 35.1 Å². The standard InChI is InChI=1S/C8H10F8O/c9-5(10)7(13,14)1-3-17-4-2-8(15,16)6(11)12/h5-6H,1-4H2. The molecule has 0 saturated carbocycles. The molecule has 17 heavy (non-hydrogen) atoms. The average Bonchev–Trinajstić information content (AvgIpc) is 2.16. The molecular weight excluding hydrogens is 264 g/mol. The van der Waals surface area contributed by atoms with Gasteiger partial charge in [-0.05, 0) is 0 Å². The second kappa shape index (κ2) is 6.36. The summed E-state index contributed by atoms with van der Waals surface area (Å²) in [6.07, 6.45) is -10.5. The molecule has 0 aliphatic heterocycles. The smallest absolute Gasteiger partial charge is 0.309 e. The van der Waals surface area contributed by atoms with E-state index < -0.39 is 50.8 Å². The lowest BCUT2D eigenvalue weighted by Gasteiger charge is -2.17. The maximum absolute atomic E-state index is 12.2. The zero-order chi connectivity index (χ0) is 13.7. The van der Waals surface area contributed by atoms with Crippen molar-refractivity contribution in [2.45, 2.75) is 37.5 Å². The highest BCUT2D eigenvalue weighted by atomic mass is 19.3. The first-order chi connectivity index (χ1) is 7.59. The maximum atomic E-state index is 12.2. The Morgan fingerprint density at radius 2 is 1.00 bits per heavy atom. The van der Waals surface area contributed by atoms with E-state index >= 15 is 0 Å². The number of halogens is 8. The lowest BCUT2D eigenvalue weighted by atomic mass is 10.2. The monoisotopic (exact) mass is 274 g/mol. The van der Waals surface area contributed by atoms with Crippen LogP contribution in [0.2, 0.25) is 0 Å². The second-order valence-corrected chi connectivity index (χ2v) is 3.24. The minimum absolute atomic E-state index is 0.906. The summed E-state index contributed by atoms with van der Waals surface area (Å²) in [5.74, 6) is -8.55. The Balaban J connectivity index is 3.74. The zero-order valence-electron chi connectivity index (χ0n) is 8.42. The lowest BCUT2D eigenvalue weighted by molar-refractivity contribution is -0.153. The van der Waals surface area contributed by atoms with Gasteiger partial charge in [0.2, 0.25) is 0 Å². The third kappa shape index (κ3) is 6.04. The summed E-state index contributed by atoms with van der Waals surface area (Å²) < 4.78 is 99.5. The van der Waals surface area contributed by atoms with Crippen LogP contribution in [0.1, 0.15) is 12.8 Å². The molecule has 0 rings (SSSR count). The highest BCUT2D eigenvalue weighted by Gasteiger charge is 2.41. The molecule has 0 N–H and O–H groups in total. The molecule has 0 aliphatic rings. The Hall–Kier alpha value is -0.600. The third-order valence-corrected chi connectivity index (χ3v) is 1.80. The van der Waals surface area contributed by atoms with Crippen LogP contribution in [0.3, 0.4) is 0 Å². The van der Waals surface area contributed by atoms with Gasteiger partial charge in [-0.1, -0.05) is 0 Å². The molecule has 104 valence electrons.